The van der Waals surface area contributed by atoms with Crippen molar-refractivity contribution in [1.29, 1.82) is 0 Å². The van der Waals surface area contributed by atoms with E-state index < -0.39 is 0 Å². The van der Waals surface area contributed by atoms with Crippen molar-refractivity contribution in [3.63, 3.8) is 0 Å². The number of hydrogen-bond acceptors (Lipinski definition) is 1. The lowest BCUT2D eigenvalue weighted by Gasteiger charge is -2.55. The largest absolute Gasteiger partial charge is 0.311 e. The molecule has 1 heteroatoms. The van der Waals surface area contributed by atoms with Crippen LogP contribution in [0.4, 0.5) is 0 Å². The minimum absolute atomic E-state index is 0.749. The second-order valence-electron chi connectivity index (χ2n) is 7.52. The highest BCUT2D eigenvalue weighted by molar-refractivity contribution is 5.01. The lowest BCUT2D eigenvalue weighted by molar-refractivity contribution is -0.0173. The van der Waals surface area contributed by atoms with Gasteiger partial charge in [-0.1, -0.05) is 26.2 Å². The molecule has 0 aromatic rings. The monoisotopic (exact) mass is 249 g/mol. The van der Waals surface area contributed by atoms with Gasteiger partial charge in [0.2, 0.25) is 0 Å². The van der Waals surface area contributed by atoms with Gasteiger partial charge in [0.25, 0.3) is 0 Å². The summed E-state index contributed by atoms with van der Waals surface area (Å²) < 4.78 is 0. The van der Waals surface area contributed by atoms with Crippen molar-refractivity contribution >= 4 is 0 Å². The molecule has 1 nitrogen and oxygen atoms in total. The molecular formula is C17H31N. The van der Waals surface area contributed by atoms with Crippen LogP contribution in [-0.4, -0.2) is 12.1 Å². The van der Waals surface area contributed by atoms with Crippen LogP contribution in [0, 0.1) is 23.7 Å². The molecule has 0 spiro atoms. The van der Waals surface area contributed by atoms with Gasteiger partial charge in [-0.05, 0) is 69.1 Å². The predicted molar refractivity (Wildman–Crippen MR) is 77.6 cm³/mol. The molecule has 0 heterocycles. The summed E-state index contributed by atoms with van der Waals surface area (Å²) in [5.74, 6) is 4.30. The number of nitrogens with one attached hydrogen (secondary N) is 1. The Kier molecular flexibility index (Phi) is 3.98. The van der Waals surface area contributed by atoms with E-state index in [4.69, 9.17) is 0 Å². The Labute approximate surface area is 113 Å². The maximum absolute atomic E-state index is 4.02. The van der Waals surface area contributed by atoms with Gasteiger partial charge >= 0.3 is 0 Å². The van der Waals surface area contributed by atoms with Crippen LogP contribution in [0.3, 0.4) is 0 Å². The van der Waals surface area contributed by atoms with E-state index in [1.54, 1.807) is 32.1 Å². The third-order valence-electron chi connectivity index (χ3n) is 5.94. The summed E-state index contributed by atoms with van der Waals surface area (Å²) in [6, 6.07) is 1.63. The van der Waals surface area contributed by atoms with E-state index in [1.165, 1.54) is 25.7 Å². The predicted octanol–water partition coefficient (Wildman–Crippen LogP) is 4.37. The normalized spacial score (nSPS) is 43.3. The van der Waals surface area contributed by atoms with Gasteiger partial charge in [0.05, 0.1) is 0 Å². The van der Waals surface area contributed by atoms with Gasteiger partial charge in [0.1, 0.15) is 0 Å². The highest BCUT2D eigenvalue weighted by Gasteiger charge is 2.48. The fourth-order valence-corrected chi connectivity index (χ4v) is 5.31. The molecule has 1 atom stereocenters. The molecule has 4 rings (SSSR count). The van der Waals surface area contributed by atoms with Crippen LogP contribution in [0.15, 0.2) is 0 Å². The van der Waals surface area contributed by atoms with Crippen molar-refractivity contribution < 1.29 is 0 Å². The van der Waals surface area contributed by atoms with Crippen molar-refractivity contribution in [1.82, 2.24) is 5.32 Å². The molecule has 104 valence electrons. The van der Waals surface area contributed by atoms with Gasteiger partial charge in [0, 0.05) is 12.1 Å². The highest BCUT2D eigenvalue weighted by atomic mass is 15.0. The molecule has 4 aliphatic rings. The van der Waals surface area contributed by atoms with Crippen LogP contribution in [-0.2, 0) is 0 Å². The first kappa shape index (κ1) is 13.0. The average molecular weight is 249 g/mol. The Hall–Kier alpha value is -0.0400. The molecule has 4 bridgehead atoms. The summed E-state index contributed by atoms with van der Waals surface area (Å²) in [4.78, 5) is 0. The summed E-state index contributed by atoms with van der Waals surface area (Å²) in [7, 11) is 0. The lowest BCUT2D eigenvalue weighted by atomic mass is 9.54. The smallest absolute Gasteiger partial charge is 0.0126 e. The first-order valence-electron chi connectivity index (χ1n) is 8.52. The van der Waals surface area contributed by atoms with Crippen molar-refractivity contribution in [3.8, 4) is 0 Å². The summed E-state index contributed by atoms with van der Waals surface area (Å²) in [6.45, 7) is 4.72. The molecule has 0 aliphatic heterocycles. The van der Waals surface area contributed by atoms with E-state index in [0.29, 0.717) is 0 Å². The zero-order valence-electron chi connectivity index (χ0n) is 12.3. The van der Waals surface area contributed by atoms with Crippen molar-refractivity contribution in [2.45, 2.75) is 83.7 Å². The first-order valence-corrected chi connectivity index (χ1v) is 8.52. The molecule has 1 unspecified atom stereocenters. The Morgan fingerprint density at radius 2 is 1.56 bits per heavy atom. The molecule has 4 fully saturated rings. The average Bonchev–Trinajstić information content (AvgIpc) is 2.33. The summed E-state index contributed by atoms with van der Waals surface area (Å²) in [5.41, 5.74) is 0. The Morgan fingerprint density at radius 1 is 0.944 bits per heavy atom. The minimum atomic E-state index is 0.749. The van der Waals surface area contributed by atoms with Crippen LogP contribution in [0.2, 0.25) is 0 Å². The van der Waals surface area contributed by atoms with Crippen molar-refractivity contribution in [2.75, 3.05) is 0 Å². The summed E-state index contributed by atoms with van der Waals surface area (Å²) >= 11 is 0. The van der Waals surface area contributed by atoms with Gasteiger partial charge < -0.3 is 5.32 Å². The molecule has 4 aliphatic carbocycles. The third kappa shape index (κ3) is 2.61. The molecule has 0 saturated heterocycles. The standard InChI is InChI=1S/C17H31N/c1-3-4-5-6-12(2)18-17-15-8-13-7-14(10-15)11-16(17)9-13/h12-18H,3-11H2,1-2H3. The van der Waals surface area contributed by atoms with Gasteiger partial charge in [-0.3, -0.25) is 0 Å². The molecule has 0 amide bonds. The Morgan fingerprint density at radius 3 is 2.11 bits per heavy atom. The van der Waals surface area contributed by atoms with E-state index >= 15 is 0 Å². The van der Waals surface area contributed by atoms with Gasteiger partial charge in [-0.2, -0.15) is 0 Å². The molecule has 0 radical (unpaired) electrons. The topological polar surface area (TPSA) is 12.0 Å². The molecule has 0 aromatic heterocycles. The van der Waals surface area contributed by atoms with Crippen LogP contribution in [0.1, 0.15) is 71.6 Å². The Balaban J connectivity index is 1.50. The van der Waals surface area contributed by atoms with Crippen molar-refractivity contribution in [3.05, 3.63) is 0 Å². The van der Waals surface area contributed by atoms with E-state index in [9.17, 15) is 0 Å². The quantitative estimate of drug-likeness (QED) is 0.689. The number of unbranched alkanes of at least 4 members (excludes halogenated alkanes) is 2. The SMILES string of the molecule is CCCCCC(C)NC1C2CC3CC(C2)CC1C3. The van der Waals surface area contributed by atoms with Gasteiger partial charge in [-0.25, -0.2) is 0 Å². The summed E-state index contributed by atoms with van der Waals surface area (Å²) in [5, 5.41) is 4.02. The first-order chi connectivity index (χ1) is 8.76. The molecule has 1 N–H and O–H groups in total. The number of hydrogen-bond donors (Lipinski definition) is 1. The third-order valence-corrected chi connectivity index (χ3v) is 5.94. The zero-order chi connectivity index (χ0) is 12.5. The number of rotatable bonds is 6. The van der Waals surface area contributed by atoms with Crippen LogP contribution in [0.5, 0.6) is 0 Å². The minimum Gasteiger partial charge on any atom is -0.311 e. The second kappa shape index (κ2) is 5.53. The summed E-state index contributed by atoms with van der Waals surface area (Å²) in [6.07, 6.45) is 13.3. The van der Waals surface area contributed by atoms with E-state index in [-0.39, 0.29) is 0 Å². The van der Waals surface area contributed by atoms with E-state index in [0.717, 1.165) is 35.8 Å². The van der Waals surface area contributed by atoms with Crippen molar-refractivity contribution in [2.24, 2.45) is 23.7 Å². The second-order valence-corrected chi connectivity index (χ2v) is 7.52. The molecule has 4 saturated carbocycles. The maximum Gasteiger partial charge on any atom is 0.0126 e. The fraction of sp³-hybridized carbons (Fsp3) is 1.00. The Bertz CT molecular complexity index is 245. The van der Waals surface area contributed by atoms with Gasteiger partial charge in [-0.15, -0.1) is 0 Å². The molecular weight excluding hydrogens is 218 g/mol. The van der Waals surface area contributed by atoms with E-state index in [1.807, 2.05) is 0 Å². The molecule has 18 heavy (non-hydrogen) atoms. The van der Waals surface area contributed by atoms with Gasteiger partial charge in [0.15, 0.2) is 0 Å². The van der Waals surface area contributed by atoms with Crippen LogP contribution < -0.4 is 5.32 Å². The molecule has 0 aromatic carbocycles. The highest BCUT2D eigenvalue weighted by Crippen LogP contribution is 2.53. The lowest BCUT2D eigenvalue weighted by Crippen LogP contribution is -2.56. The van der Waals surface area contributed by atoms with Crippen LogP contribution in [0.25, 0.3) is 0 Å². The zero-order valence-corrected chi connectivity index (χ0v) is 12.3. The van der Waals surface area contributed by atoms with E-state index in [2.05, 4.69) is 19.2 Å². The van der Waals surface area contributed by atoms with Crippen LogP contribution >= 0.6 is 0 Å². The maximum atomic E-state index is 4.02. The fourth-order valence-electron chi connectivity index (χ4n) is 5.31.